The molecule has 1 aromatic carbocycles. The molecule has 6 heteroatoms. The maximum Gasteiger partial charge on any atom is 0.253 e. The highest BCUT2D eigenvalue weighted by Gasteiger charge is 2.23. The van der Waals surface area contributed by atoms with Crippen LogP contribution in [0.15, 0.2) is 48.7 Å². The number of carbonyl (C=O) groups is 1. The Balaban J connectivity index is 1.44. The van der Waals surface area contributed by atoms with Gasteiger partial charge in [-0.3, -0.25) is 9.20 Å². The van der Waals surface area contributed by atoms with E-state index in [1.807, 2.05) is 53.1 Å². The summed E-state index contributed by atoms with van der Waals surface area (Å²) in [4.78, 5) is 12.0. The average Bonchev–Trinajstić information content (AvgIpc) is 3.27. The van der Waals surface area contributed by atoms with Gasteiger partial charge in [0.2, 0.25) is 0 Å². The fourth-order valence-electron chi connectivity index (χ4n) is 2.91. The fourth-order valence-corrected chi connectivity index (χ4v) is 2.91. The van der Waals surface area contributed by atoms with Crippen LogP contribution in [-0.2, 0) is 16.0 Å². The number of fused-ring (bicyclic) bond motifs is 1. The number of rotatable bonds is 4. The summed E-state index contributed by atoms with van der Waals surface area (Å²) in [6.45, 7) is 0.670. The molecule has 0 radical (unpaired) electrons. The van der Waals surface area contributed by atoms with Crippen LogP contribution in [-0.4, -0.2) is 33.2 Å². The van der Waals surface area contributed by atoms with E-state index in [9.17, 15) is 4.79 Å². The molecular formula is C18H18N4O2. The third-order valence-electron chi connectivity index (χ3n) is 4.19. The zero-order valence-corrected chi connectivity index (χ0v) is 13.2. The van der Waals surface area contributed by atoms with Crippen LogP contribution in [0.3, 0.4) is 0 Å². The number of nitrogens with one attached hydrogen (secondary N) is 1. The van der Waals surface area contributed by atoms with E-state index in [1.54, 1.807) is 0 Å². The first-order valence-electron chi connectivity index (χ1n) is 8.10. The molecule has 24 heavy (non-hydrogen) atoms. The first kappa shape index (κ1) is 14.8. The lowest BCUT2D eigenvalue weighted by atomic mass is 10.1. The van der Waals surface area contributed by atoms with Crippen LogP contribution in [0.5, 0.6) is 0 Å². The fraction of sp³-hybridized carbons (Fsp3) is 0.278. The van der Waals surface area contributed by atoms with Crippen LogP contribution in [0, 0.1) is 0 Å². The molecular weight excluding hydrogens is 304 g/mol. The van der Waals surface area contributed by atoms with Gasteiger partial charge in [0, 0.05) is 24.9 Å². The van der Waals surface area contributed by atoms with Crippen molar-refractivity contribution < 1.29 is 9.53 Å². The Morgan fingerprint density at radius 1 is 1.21 bits per heavy atom. The quantitative estimate of drug-likeness (QED) is 0.801. The first-order chi connectivity index (χ1) is 11.8. The summed E-state index contributed by atoms with van der Waals surface area (Å²) in [6.07, 6.45) is 4.08. The van der Waals surface area contributed by atoms with Gasteiger partial charge in [0.1, 0.15) is 11.9 Å². The van der Waals surface area contributed by atoms with Crippen molar-refractivity contribution in [2.45, 2.75) is 25.4 Å². The molecule has 6 nitrogen and oxygen atoms in total. The molecule has 122 valence electrons. The van der Waals surface area contributed by atoms with Crippen molar-refractivity contribution in [1.82, 2.24) is 14.6 Å². The molecule has 1 atom stereocenters. The Bertz CT molecular complexity index is 851. The number of carbonyl (C=O) groups excluding carboxylic acids is 1. The normalized spacial score (nSPS) is 17.2. The summed E-state index contributed by atoms with van der Waals surface area (Å²) >= 11 is 0. The van der Waals surface area contributed by atoms with Crippen LogP contribution in [0.1, 0.15) is 24.2 Å². The van der Waals surface area contributed by atoms with Crippen molar-refractivity contribution in [2.24, 2.45) is 0 Å². The lowest BCUT2D eigenvalue weighted by molar-refractivity contribution is -0.124. The van der Waals surface area contributed by atoms with Gasteiger partial charge in [-0.2, -0.15) is 0 Å². The Morgan fingerprint density at radius 3 is 2.88 bits per heavy atom. The third kappa shape index (κ3) is 3.00. The Labute approximate surface area is 139 Å². The van der Waals surface area contributed by atoms with E-state index in [0.29, 0.717) is 13.0 Å². The highest BCUT2D eigenvalue weighted by Crippen LogP contribution is 2.17. The van der Waals surface area contributed by atoms with E-state index in [4.69, 9.17) is 4.74 Å². The number of hydrogen-bond donors (Lipinski definition) is 1. The lowest BCUT2D eigenvalue weighted by Crippen LogP contribution is -2.26. The molecule has 4 rings (SSSR count). The van der Waals surface area contributed by atoms with Crippen LogP contribution in [0.2, 0.25) is 0 Å². The first-order valence-corrected chi connectivity index (χ1v) is 8.10. The smallest absolute Gasteiger partial charge is 0.253 e. The molecule has 1 aliphatic rings. The number of hydrogen-bond acceptors (Lipinski definition) is 4. The van der Waals surface area contributed by atoms with Crippen LogP contribution < -0.4 is 5.32 Å². The molecule has 1 aliphatic heterocycles. The summed E-state index contributed by atoms with van der Waals surface area (Å²) in [6, 6.07) is 13.6. The highest BCUT2D eigenvalue weighted by molar-refractivity contribution is 5.94. The number of pyridine rings is 1. The minimum absolute atomic E-state index is 0.0660. The summed E-state index contributed by atoms with van der Waals surface area (Å²) < 4.78 is 7.37. The molecule has 0 spiro atoms. The second-order valence-electron chi connectivity index (χ2n) is 5.91. The van der Waals surface area contributed by atoms with Crippen LogP contribution in [0.4, 0.5) is 5.69 Å². The van der Waals surface area contributed by atoms with Gasteiger partial charge in [-0.25, -0.2) is 0 Å². The molecule has 0 bridgehead atoms. The van der Waals surface area contributed by atoms with Crippen molar-refractivity contribution in [3.8, 4) is 0 Å². The van der Waals surface area contributed by atoms with E-state index in [1.165, 1.54) is 0 Å². The number of benzene rings is 1. The van der Waals surface area contributed by atoms with E-state index in [2.05, 4.69) is 15.5 Å². The molecule has 3 heterocycles. The lowest BCUT2D eigenvalue weighted by Gasteiger charge is -2.10. The predicted molar refractivity (Wildman–Crippen MR) is 89.8 cm³/mol. The minimum atomic E-state index is -0.313. The predicted octanol–water partition coefficient (Wildman–Crippen LogP) is 2.44. The van der Waals surface area contributed by atoms with Gasteiger partial charge >= 0.3 is 0 Å². The number of ether oxygens (including phenoxy) is 1. The second-order valence-corrected chi connectivity index (χ2v) is 5.91. The van der Waals surface area contributed by atoms with Gasteiger partial charge in [-0.1, -0.05) is 18.2 Å². The van der Waals surface area contributed by atoms with Gasteiger partial charge in [-0.05, 0) is 42.7 Å². The van der Waals surface area contributed by atoms with E-state index in [0.717, 1.165) is 35.6 Å². The summed E-state index contributed by atoms with van der Waals surface area (Å²) in [5.41, 5.74) is 2.74. The Morgan fingerprint density at radius 2 is 2.08 bits per heavy atom. The number of anilines is 1. The summed E-state index contributed by atoms with van der Waals surface area (Å²) in [5.74, 6) is 0.824. The molecule has 3 aromatic rings. The molecule has 1 fully saturated rings. The van der Waals surface area contributed by atoms with Crippen molar-refractivity contribution in [1.29, 1.82) is 0 Å². The zero-order valence-electron chi connectivity index (χ0n) is 13.2. The van der Waals surface area contributed by atoms with E-state index >= 15 is 0 Å². The van der Waals surface area contributed by atoms with Crippen LogP contribution in [0.25, 0.3) is 5.65 Å². The molecule has 0 saturated carbocycles. The Hall–Kier alpha value is -2.73. The molecule has 1 N–H and O–H groups in total. The SMILES string of the molecule is O=C(Nc1ccc(Cc2nnc3ccccn23)cc1)C1CCCO1. The molecule has 2 aromatic heterocycles. The number of nitrogens with zero attached hydrogens (tertiary/aromatic N) is 3. The minimum Gasteiger partial charge on any atom is -0.368 e. The molecule has 1 saturated heterocycles. The summed E-state index contributed by atoms with van der Waals surface area (Å²) in [5, 5.41) is 11.3. The third-order valence-corrected chi connectivity index (χ3v) is 4.19. The van der Waals surface area contributed by atoms with Crippen molar-refractivity contribution >= 4 is 17.2 Å². The van der Waals surface area contributed by atoms with Gasteiger partial charge in [0.15, 0.2) is 5.65 Å². The second kappa shape index (κ2) is 6.41. The van der Waals surface area contributed by atoms with E-state index in [-0.39, 0.29) is 12.0 Å². The van der Waals surface area contributed by atoms with Gasteiger partial charge in [0.25, 0.3) is 5.91 Å². The maximum atomic E-state index is 12.0. The monoisotopic (exact) mass is 322 g/mol. The summed E-state index contributed by atoms with van der Waals surface area (Å²) in [7, 11) is 0. The zero-order chi connectivity index (χ0) is 16.4. The standard InChI is InChI=1S/C18H18N4O2/c23-18(15-4-3-11-24-15)19-14-8-6-13(7-9-14)12-17-21-20-16-5-1-2-10-22(16)17/h1-2,5-10,15H,3-4,11-12H2,(H,19,23). The topological polar surface area (TPSA) is 68.5 Å². The number of amides is 1. The van der Waals surface area contributed by atoms with Gasteiger partial charge < -0.3 is 10.1 Å². The Kier molecular flexibility index (Phi) is 3.96. The largest absolute Gasteiger partial charge is 0.368 e. The number of aromatic nitrogens is 3. The highest BCUT2D eigenvalue weighted by atomic mass is 16.5. The van der Waals surface area contributed by atoms with Crippen LogP contribution >= 0.6 is 0 Å². The average molecular weight is 322 g/mol. The molecule has 1 unspecified atom stereocenters. The molecule has 0 aliphatic carbocycles. The van der Waals surface area contributed by atoms with Crippen molar-refractivity contribution in [3.63, 3.8) is 0 Å². The molecule has 1 amide bonds. The van der Waals surface area contributed by atoms with Gasteiger partial charge in [-0.15, -0.1) is 10.2 Å². The van der Waals surface area contributed by atoms with E-state index < -0.39 is 0 Å². The van der Waals surface area contributed by atoms with Crippen molar-refractivity contribution in [3.05, 3.63) is 60.0 Å². The van der Waals surface area contributed by atoms with Crippen molar-refractivity contribution in [2.75, 3.05) is 11.9 Å². The maximum absolute atomic E-state index is 12.0. The van der Waals surface area contributed by atoms with Gasteiger partial charge in [0.05, 0.1) is 0 Å².